The number of hydrogen-bond donors (Lipinski definition) is 1. The van der Waals surface area contributed by atoms with Crippen LogP contribution >= 0.6 is 0 Å². The maximum absolute atomic E-state index is 13.5. The number of ether oxygens (including phenoxy) is 1. The lowest BCUT2D eigenvalue weighted by atomic mass is 9.95. The first-order chi connectivity index (χ1) is 17.1. The minimum atomic E-state index is -0.232. The van der Waals surface area contributed by atoms with Gasteiger partial charge in [0, 0.05) is 62.5 Å². The molecule has 35 heavy (non-hydrogen) atoms. The lowest BCUT2D eigenvalue weighted by molar-refractivity contribution is 0.0362. The van der Waals surface area contributed by atoms with Crippen LogP contribution in [0.1, 0.15) is 37.1 Å². The summed E-state index contributed by atoms with van der Waals surface area (Å²) in [4.78, 5) is 18.6. The number of rotatable bonds is 7. The van der Waals surface area contributed by atoms with Crippen molar-refractivity contribution in [3.05, 3.63) is 54.0 Å². The summed E-state index contributed by atoms with van der Waals surface area (Å²) in [5.74, 6) is 2.78. The average Bonchev–Trinajstić information content (AvgIpc) is 3.33. The average molecular weight is 480 g/mol. The Morgan fingerprint density at radius 3 is 2.49 bits per heavy atom. The first-order valence-corrected chi connectivity index (χ1v) is 12.6. The summed E-state index contributed by atoms with van der Waals surface area (Å²) < 4.78 is 21.3. The molecular formula is C26H34FN7O. The highest BCUT2D eigenvalue weighted by Gasteiger charge is 2.27. The van der Waals surface area contributed by atoms with E-state index in [1.54, 1.807) is 6.33 Å². The van der Waals surface area contributed by atoms with E-state index in [2.05, 4.69) is 37.5 Å². The molecule has 5 rings (SSSR count). The number of nitrogens with two attached hydrogens (primary N) is 1. The van der Waals surface area contributed by atoms with Crippen LogP contribution in [0.4, 0.5) is 16.0 Å². The lowest BCUT2D eigenvalue weighted by Gasteiger charge is -2.34. The topological polar surface area (TPSA) is 85.3 Å². The third-order valence-electron chi connectivity index (χ3n) is 7.18. The molecule has 0 atom stereocenters. The van der Waals surface area contributed by atoms with Gasteiger partial charge in [0.25, 0.3) is 0 Å². The summed E-state index contributed by atoms with van der Waals surface area (Å²) in [5, 5.41) is 0. The van der Waals surface area contributed by atoms with Gasteiger partial charge in [0.1, 0.15) is 29.6 Å². The van der Waals surface area contributed by atoms with Crippen molar-refractivity contribution in [3.8, 4) is 11.3 Å². The Kier molecular flexibility index (Phi) is 7.24. The molecule has 0 aliphatic carbocycles. The summed E-state index contributed by atoms with van der Waals surface area (Å²) in [6.45, 7) is 9.26. The zero-order valence-corrected chi connectivity index (χ0v) is 20.4. The highest BCUT2D eigenvalue weighted by molar-refractivity contribution is 5.59. The van der Waals surface area contributed by atoms with Gasteiger partial charge in [-0.2, -0.15) is 0 Å². The number of piperidine rings is 1. The largest absolute Gasteiger partial charge is 0.383 e. The van der Waals surface area contributed by atoms with Crippen molar-refractivity contribution >= 4 is 11.6 Å². The fraction of sp³-hybridized carbons (Fsp3) is 0.500. The van der Waals surface area contributed by atoms with Crippen LogP contribution < -0.4 is 10.6 Å². The lowest BCUT2D eigenvalue weighted by Crippen LogP contribution is -2.38. The maximum atomic E-state index is 13.5. The molecule has 0 spiro atoms. The SMILES string of the molecule is CCc1c(N)ncnc1N1CCC(c2nc(-c3ccc(F)cc3)cn2CCN2CCOCC2)CC1. The van der Waals surface area contributed by atoms with Crippen molar-refractivity contribution in [2.24, 2.45) is 0 Å². The van der Waals surface area contributed by atoms with E-state index in [0.29, 0.717) is 11.7 Å². The van der Waals surface area contributed by atoms with E-state index in [1.165, 1.54) is 12.1 Å². The van der Waals surface area contributed by atoms with E-state index in [1.807, 2.05) is 12.1 Å². The number of nitrogens with zero attached hydrogens (tertiary/aromatic N) is 6. The molecule has 0 bridgehead atoms. The fourth-order valence-corrected chi connectivity index (χ4v) is 5.15. The molecule has 2 aliphatic heterocycles. The molecule has 2 aromatic heterocycles. The second kappa shape index (κ2) is 10.7. The second-order valence-electron chi connectivity index (χ2n) is 9.31. The number of morpholine rings is 1. The zero-order chi connectivity index (χ0) is 24.2. The minimum absolute atomic E-state index is 0.232. The van der Waals surface area contributed by atoms with E-state index < -0.39 is 0 Å². The van der Waals surface area contributed by atoms with Crippen molar-refractivity contribution in [1.82, 2.24) is 24.4 Å². The highest BCUT2D eigenvalue weighted by Crippen LogP contribution is 2.33. The van der Waals surface area contributed by atoms with Crippen molar-refractivity contribution in [2.45, 2.75) is 38.6 Å². The number of hydrogen-bond acceptors (Lipinski definition) is 7. The van der Waals surface area contributed by atoms with Gasteiger partial charge in [-0.1, -0.05) is 6.92 Å². The van der Waals surface area contributed by atoms with Gasteiger partial charge in [-0.15, -0.1) is 0 Å². The Bertz CT molecular complexity index is 1120. The van der Waals surface area contributed by atoms with Crippen LogP contribution in [0.15, 0.2) is 36.8 Å². The molecule has 2 fully saturated rings. The van der Waals surface area contributed by atoms with Crippen LogP contribution in [0.25, 0.3) is 11.3 Å². The summed E-state index contributed by atoms with van der Waals surface area (Å²) >= 11 is 0. The van der Waals surface area contributed by atoms with E-state index in [9.17, 15) is 4.39 Å². The number of nitrogen functional groups attached to an aromatic ring is 1. The van der Waals surface area contributed by atoms with Gasteiger partial charge in [-0.3, -0.25) is 4.90 Å². The van der Waals surface area contributed by atoms with E-state index in [4.69, 9.17) is 15.5 Å². The highest BCUT2D eigenvalue weighted by atomic mass is 19.1. The quantitative estimate of drug-likeness (QED) is 0.556. The van der Waals surface area contributed by atoms with E-state index in [0.717, 1.165) is 100 Å². The molecule has 2 N–H and O–H groups in total. The van der Waals surface area contributed by atoms with Gasteiger partial charge in [0.05, 0.1) is 18.9 Å². The predicted octanol–water partition coefficient (Wildman–Crippen LogP) is 3.34. The number of aromatic nitrogens is 4. The number of anilines is 2. The Labute approximate surface area is 205 Å². The monoisotopic (exact) mass is 479 g/mol. The van der Waals surface area contributed by atoms with Crippen molar-refractivity contribution in [2.75, 3.05) is 56.6 Å². The maximum Gasteiger partial charge on any atom is 0.137 e. The molecule has 0 radical (unpaired) electrons. The number of halogens is 1. The molecule has 3 aromatic rings. The third-order valence-corrected chi connectivity index (χ3v) is 7.18. The first-order valence-electron chi connectivity index (χ1n) is 12.6. The molecule has 0 amide bonds. The van der Waals surface area contributed by atoms with Gasteiger partial charge >= 0.3 is 0 Å². The van der Waals surface area contributed by atoms with Crippen LogP contribution in [0.5, 0.6) is 0 Å². The van der Waals surface area contributed by atoms with E-state index >= 15 is 0 Å². The Morgan fingerprint density at radius 1 is 1.03 bits per heavy atom. The van der Waals surface area contributed by atoms with Crippen LogP contribution in [0, 0.1) is 5.82 Å². The van der Waals surface area contributed by atoms with Gasteiger partial charge in [-0.25, -0.2) is 19.3 Å². The van der Waals surface area contributed by atoms with Crippen LogP contribution in [0.3, 0.4) is 0 Å². The fourth-order valence-electron chi connectivity index (χ4n) is 5.15. The van der Waals surface area contributed by atoms with Gasteiger partial charge in [0.2, 0.25) is 0 Å². The minimum Gasteiger partial charge on any atom is -0.383 e. The van der Waals surface area contributed by atoms with Crippen molar-refractivity contribution in [1.29, 1.82) is 0 Å². The second-order valence-corrected chi connectivity index (χ2v) is 9.31. The van der Waals surface area contributed by atoms with Gasteiger partial charge in [-0.05, 0) is 43.5 Å². The van der Waals surface area contributed by atoms with Crippen LogP contribution in [0.2, 0.25) is 0 Å². The Morgan fingerprint density at radius 2 is 1.77 bits per heavy atom. The summed E-state index contributed by atoms with van der Waals surface area (Å²) in [7, 11) is 0. The molecule has 0 saturated carbocycles. The molecule has 186 valence electrons. The van der Waals surface area contributed by atoms with E-state index in [-0.39, 0.29) is 5.82 Å². The first kappa shape index (κ1) is 23.7. The summed E-state index contributed by atoms with van der Waals surface area (Å²) in [5.41, 5.74) is 8.98. The predicted molar refractivity (Wildman–Crippen MR) is 135 cm³/mol. The smallest absolute Gasteiger partial charge is 0.137 e. The molecule has 1 aromatic carbocycles. The molecule has 8 nitrogen and oxygen atoms in total. The number of benzene rings is 1. The zero-order valence-electron chi connectivity index (χ0n) is 20.4. The number of imidazole rings is 1. The molecule has 0 unspecified atom stereocenters. The van der Waals surface area contributed by atoms with Crippen molar-refractivity contribution < 1.29 is 9.13 Å². The molecular weight excluding hydrogens is 445 g/mol. The molecule has 2 saturated heterocycles. The van der Waals surface area contributed by atoms with Crippen LogP contribution in [-0.2, 0) is 17.7 Å². The molecule has 2 aliphatic rings. The molecule has 4 heterocycles. The van der Waals surface area contributed by atoms with Crippen molar-refractivity contribution in [3.63, 3.8) is 0 Å². The van der Waals surface area contributed by atoms with Gasteiger partial charge < -0.3 is 19.9 Å². The van der Waals surface area contributed by atoms with Gasteiger partial charge in [0.15, 0.2) is 0 Å². The Balaban J connectivity index is 1.35. The third kappa shape index (κ3) is 5.31. The Hall–Kier alpha value is -3.04. The standard InChI is InChI=1S/C26H34FN7O/c1-2-22-24(28)29-18-30-26(22)33-9-7-20(8-10-33)25-31-23(19-3-5-21(27)6-4-19)17-34(25)12-11-32-13-15-35-16-14-32/h3-6,17-18,20H,2,7-16H2,1H3,(H2,28,29,30). The summed E-state index contributed by atoms with van der Waals surface area (Å²) in [6, 6.07) is 6.61. The summed E-state index contributed by atoms with van der Waals surface area (Å²) in [6.07, 6.45) is 6.49. The molecule has 9 heteroatoms. The van der Waals surface area contributed by atoms with Crippen LogP contribution in [-0.4, -0.2) is 70.4 Å². The normalized spacial score (nSPS) is 17.7.